The normalized spacial score (nSPS) is 14.9. The highest BCUT2D eigenvalue weighted by atomic mass is 32.2. The molecule has 5 heteroatoms. The van der Waals surface area contributed by atoms with Gasteiger partial charge in [0.2, 0.25) is 0 Å². The summed E-state index contributed by atoms with van der Waals surface area (Å²) in [5, 5.41) is 3.08. The summed E-state index contributed by atoms with van der Waals surface area (Å²) >= 11 is 3.97. The second kappa shape index (κ2) is 9.67. The number of hydrogen-bond donors (Lipinski definition) is 1. The fourth-order valence-electron chi connectivity index (χ4n) is 2.96. The van der Waals surface area contributed by atoms with Crippen molar-refractivity contribution in [2.75, 3.05) is 18.6 Å². The zero-order valence-electron chi connectivity index (χ0n) is 16.3. The summed E-state index contributed by atoms with van der Waals surface area (Å²) in [6, 6.07) is 16.9. The summed E-state index contributed by atoms with van der Waals surface area (Å²) in [5.41, 5.74) is 4.47. The molecule has 1 amide bonds. The molecule has 2 aromatic carbocycles. The number of benzene rings is 2. The van der Waals surface area contributed by atoms with Gasteiger partial charge >= 0.3 is 0 Å². The quantitative estimate of drug-likeness (QED) is 0.714. The van der Waals surface area contributed by atoms with Crippen molar-refractivity contribution in [1.29, 1.82) is 0 Å². The van der Waals surface area contributed by atoms with E-state index in [1.165, 1.54) is 28.2 Å². The van der Waals surface area contributed by atoms with Gasteiger partial charge in [0, 0.05) is 36.2 Å². The largest absolute Gasteiger partial charge is 0.348 e. The van der Waals surface area contributed by atoms with Crippen LogP contribution in [-0.2, 0) is 13.1 Å². The van der Waals surface area contributed by atoms with Crippen molar-refractivity contribution >= 4 is 29.4 Å². The molecule has 0 bridgehead atoms. The Morgan fingerprint density at radius 2 is 1.70 bits per heavy atom. The van der Waals surface area contributed by atoms with Gasteiger partial charge in [0.25, 0.3) is 5.91 Å². The number of carbonyl (C=O) groups excluding carboxylic acids is 1. The summed E-state index contributed by atoms with van der Waals surface area (Å²) in [7, 11) is 2.13. The van der Waals surface area contributed by atoms with Crippen LogP contribution in [0.4, 0.5) is 0 Å². The van der Waals surface area contributed by atoms with E-state index in [-0.39, 0.29) is 5.91 Å². The van der Waals surface area contributed by atoms with Crippen LogP contribution >= 0.6 is 23.5 Å². The topological polar surface area (TPSA) is 32.3 Å². The molecule has 0 saturated carbocycles. The summed E-state index contributed by atoms with van der Waals surface area (Å²) in [6.45, 7) is 5.82. The van der Waals surface area contributed by atoms with E-state index in [0.29, 0.717) is 17.2 Å². The molecule has 0 aromatic heterocycles. The van der Waals surface area contributed by atoms with Crippen LogP contribution in [0.2, 0.25) is 0 Å². The summed E-state index contributed by atoms with van der Waals surface area (Å²) < 4.78 is 0.520. The van der Waals surface area contributed by atoms with Crippen LogP contribution in [0.25, 0.3) is 0 Å². The van der Waals surface area contributed by atoms with Gasteiger partial charge in [-0.15, -0.1) is 23.5 Å². The van der Waals surface area contributed by atoms with Gasteiger partial charge < -0.3 is 5.32 Å². The molecule has 0 aliphatic carbocycles. The minimum absolute atomic E-state index is 0.0136. The predicted molar refractivity (Wildman–Crippen MR) is 118 cm³/mol. The molecule has 3 rings (SSSR count). The van der Waals surface area contributed by atoms with Gasteiger partial charge in [-0.1, -0.05) is 36.4 Å². The first-order valence-electron chi connectivity index (χ1n) is 9.43. The van der Waals surface area contributed by atoms with Crippen LogP contribution in [0, 0.1) is 0 Å². The molecule has 0 atom stereocenters. The third kappa shape index (κ3) is 5.53. The standard InChI is InChI=1S/C22H28N2OS2/c1-16(2)24(3)15-20-7-5-4-6-19(20)14-23-21(25)17-8-10-18(11-9-17)22-26-12-13-27-22/h4-11,16,22H,12-15H2,1-3H3,(H,23,25). The summed E-state index contributed by atoms with van der Waals surface area (Å²) in [5.74, 6) is 2.41. The summed E-state index contributed by atoms with van der Waals surface area (Å²) in [4.78, 5) is 14.9. The van der Waals surface area contributed by atoms with Crippen LogP contribution in [-0.4, -0.2) is 35.4 Å². The number of nitrogens with zero attached hydrogens (tertiary/aromatic N) is 1. The molecule has 2 aromatic rings. The first-order chi connectivity index (χ1) is 13.0. The van der Waals surface area contributed by atoms with Crippen molar-refractivity contribution in [2.24, 2.45) is 0 Å². The van der Waals surface area contributed by atoms with E-state index in [2.05, 4.69) is 61.4 Å². The number of rotatable bonds is 7. The Morgan fingerprint density at radius 1 is 1.07 bits per heavy atom. The van der Waals surface area contributed by atoms with E-state index in [0.717, 1.165) is 12.1 Å². The Hall–Kier alpha value is -1.43. The Morgan fingerprint density at radius 3 is 2.33 bits per heavy atom. The lowest BCUT2D eigenvalue weighted by atomic mass is 10.1. The average Bonchev–Trinajstić information content (AvgIpc) is 3.22. The Labute approximate surface area is 171 Å². The summed E-state index contributed by atoms with van der Waals surface area (Å²) in [6.07, 6.45) is 0. The Kier molecular flexibility index (Phi) is 7.27. The van der Waals surface area contributed by atoms with E-state index >= 15 is 0 Å². The molecule has 1 heterocycles. The van der Waals surface area contributed by atoms with E-state index in [4.69, 9.17) is 0 Å². The maximum Gasteiger partial charge on any atom is 0.251 e. The highest BCUT2D eigenvalue weighted by Gasteiger charge is 2.18. The van der Waals surface area contributed by atoms with Gasteiger partial charge in [-0.25, -0.2) is 0 Å². The number of thioether (sulfide) groups is 2. The van der Waals surface area contributed by atoms with Gasteiger partial charge in [0.05, 0.1) is 4.58 Å². The molecular weight excluding hydrogens is 372 g/mol. The second-order valence-corrected chi connectivity index (χ2v) is 9.88. The number of carbonyl (C=O) groups is 1. The van der Waals surface area contributed by atoms with Crippen molar-refractivity contribution in [3.05, 3.63) is 70.8 Å². The minimum atomic E-state index is -0.0136. The van der Waals surface area contributed by atoms with Crippen LogP contribution in [0.1, 0.15) is 45.5 Å². The van der Waals surface area contributed by atoms with Gasteiger partial charge in [0.1, 0.15) is 0 Å². The third-order valence-electron chi connectivity index (χ3n) is 4.93. The van der Waals surface area contributed by atoms with E-state index < -0.39 is 0 Å². The van der Waals surface area contributed by atoms with E-state index in [9.17, 15) is 4.79 Å². The first kappa shape index (κ1) is 20.3. The van der Waals surface area contributed by atoms with Gasteiger partial charge in [-0.2, -0.15) is 0 Å². The van der Waals surface area contributed by atoms with Gasteiger partial charge in [-0.3, -0.25) is 9.69 Å². The Bertz CT molecular complexity index is 755. The lowest BCUT2D eigenvalue weighted by molar-refractivity contribution is 0.0950. The fraction of sp³-hybridized carbons (Fsp3) is 0.409. The van der Waals surface area contributed by atoms with Crippen molar-refractivity contribution < 1.29 is 4.79 Å². The maximum absolute atomic E-state index is 12.6. The minimum Gasteiger partial charge on any atom is -0.348 e. The predicted octanol–water partition coefficient (Wildman–Crippen LogP) is 4.94. The van der Waals surface area contributed by atoms with Gasteiger partial charge in [-0.05, 0) is 49.7 Å². The molecule has 144 valence electrons. The molecule has 27 heavy (non-hydrogen) atoms. The van der Waals surface area contributed by atoms with Crippen LogP contribution in [0.5, 0.6) is 0 Å². The molecule has 3 nitrogen and oxygen atoms in total. The average molecular weight is 401 g/mol. The molecular formula is C22H28N2OS2. The van der Waals surface area contributed by atoms with E-state index in [1.807, 2.05) is 41.7 Å². The molecule has 1 aliphatic heterocycles. The van der Waals surface area contributed by atoms with Crippen LogP contribution in [0.15, 0.2) is 48.5 Å². The highest BCUT2D eigenvalue weighted by Crippen LogP contribution is 2.45. The first-order valence-corrected chi connectivity index (χ1v) is 11.5. The van der Waals surface area contributed by atoms with Crippen LogP contribution in [0.3, 0.4) is 0 Å². The number of nitrogens with one attached hydrogen (secondary N) is 1. The van der Waals surface area contributed by atoms with Crippen molar-refractivity contribution in [2.45, 2.75) is 37.6 Å². The molecule has 0 spiro atoms. The van der Waals surface area contributed by atoms with Crippen molar-refractivity contribution in [3.63, 3.8) is 0 Å². The molecule has 1 fully saturated rings. The fourth-order valence-corrected chi connectivity index (χ4v) is 5.81. The third-order valence-corrected chi connectivity index (χ3v) is 8.03. The van der Waals surface area contributed by atoms with E-state index in [1.54, 1.807) is 0 Å². The zero-order chi connectivity index (χ0) is 19.2. The molecule has 1 N–H and O–H groups in total. The molecule has 0 unspecified atom stereocenters. The SMILES string of the molecule is CC(C)N(C)Cc1ccccc1CNC(=O)c1ccc(C2SCCS2)cc1. The lowest BCUT2D eigenvalue weighted by Crippen LogP contribution is -2.27. The smallest absolute Gasteiger partial charge is 0.251 e. The zero-order valence-corrected chi connectivity index (χ0v) is 17.9. The monoisotopic (exact) mass is 400 g/mol. The van der Waals surface area contributed by atoms with Gasteiger partial charge in [0.15, 0.2) is 0 Å². The second-order valence-electron chi connectivity index (χ2n) is 7.16. The number of amides is 1. The number of hydrogen-bond acceptors (Lipinski definition) is 4. The molecule has 1 saturated heterocycles. The highest BCUT2D eigenvalue weighted by molar-refractivity contribution is 8.19. The molecule has 0 radical (unpaired) electrons. The Balaban J connectivity index is 1.60. The van der Waals surface area contributed by atoms with Crippen molar-refractivity contribution in [1.82, 2.24) is 10.2 Å². The lowest BCUT2D eigenvalue weighted by Gasteiger charge is -2.22. The maximum atomic E-state index is 12.6. The van der Waals surface area contributed by atoms with Crippen molar-refractivity contribution in [3.8, 4) is 0 Å². The van der Waals surface area contributed by atoms with Crippen LogP contribution < -0.4 is 5.32 Å². The molecule has 1 aliphatic rings.